The quantitative estimate of drug-likeness (QED) is 0.379. The number of nitriles is 1. The number of rotatable bonds is 9. The molecule has 2 N–H and O–H groups in total. The molecular weight excluding hydrogens is 396 g/mol. The summed E-state index contributed by atoms with van der Waals surface area (Å²) in [6.45, 7) is 1.66. The van der Waals surface area contributed by atoms with E-state index in [0.29, 0.717) is 16.9 Å². The van der Waals surface area contributed by atoms with Crippen molar-refractivity contribution >= 4 is 27.8 Å². The zero-order chi connectivity index (χ0) is 20.6. The van der Waals surface area contributed by atoms with Crippen LogP contribution in [0.1, 0.15) is 41.3 Å². The molecule has 0 spiro atoms. The fourth-order valence-corrected chi connectivity index (χ4v) is 4.70. The van der Waals surface area contributed by atoms with Gasteiger partial charge in [0.2, 0.25) is 10.0 Å². The lowest BCUT2D eigenvalue weighted by Gasteiger charge is -2.16. The van der Waals surface area contributed by atoms with Gasteiger partial charge in [0.25, 0.3) is 0 Å². The van der Waals surface area contributed by atoms with Crippen molar-refractivity contribution in [1.82, 2.24) is 0 Å². The second kappa shape index (κ2) is 10.3. The van der Waals surface area contributed by atoms with Crippen LogP contribution in [0.2, 0.25) is 0 Å². The number of hydrogen-bond acceptors (Lipinski definition) is 6. The Morgan fingerprint density at radius 1 is 1.25 bits per heavy atom. The molecule has 0 unspecified atom stereocenters. The van der Waals surface area contributed by atoms with E-state index in [0.717, 1.165) is 24.2 Å². The van der Waals surface area contributed by atoms with Crippen molar-refractivity contribution in [2.24, 2.45) is 5.14 Å². The van der Waals surface area contributed by atoms with Gasteiger partial charge in [0.05, 0.1) is 10.5 Å². The maximum Gasteiger partial charge on any atom is 0.339 e. The molecule has 2 rings (SSSR count). The predicted octanol–water partition coefficient (Wildman–Crippen LogP) is 3.50. The van der Waals surface area contributed by atoms with E-state index < -0.39 is 22.6 Å². The van der Waals surface area contributed by atoms with E-state index >= 15 is 0 Å². The molecule has 0 saturated carbocycles. The average Bonchev–Trinajstić information content (AvgIpc) is 2.67. The van der Waals surface area contributed by atoms with Gasteiger partial charge < -0.3 is 4.74 Å². The Bertz CT molecular complexity index is 968. The van der Waals surface area contributed by atoms with E-state index in [1.165, 1.54) is 17.8 Å². The molecule has 6 nitrogen and oxygen atoms in total. The fraction of sp³-hybridized carbons (Fsp3) is 0.300. The maximum atomic E-state index is 12.3. The first-order valence-electron chi connectivity index (χ1n) is 8.77. The number of carbonyl (C=O) groups excluding carboxylic acids is 1. The van der Waals surface area contributed by atoms with Crippen LogP contribution in [-0.4, -0.2) is 26.7 Å². The SMILES string of the molecule is CCCCSc1cc(C(=O)OCC#N)cc(S(N)(=O)=O)c1Cc1ccccc1. The molecule has 0 atom stereocenters. The number of primary sulfonamides is 1. The van der Waals surface area contributed by atoms with Crippen LogP contribution in [0.5, 0.6) is 0 Å². The second-order valence-corrected chi connectivity index (χ2v) is 8.76. The van der Waals surface area contributed by atoms with Crippen LogP contribution in [0.25, 0.3) is 0 Å². The van der Waals surface area contributed by atoms with Gasteiger partial charge in [-0.25, -0.2) is 18.4 Å². The summed E-state index contributed by atoms with van der Waals surface area (Å²) in [5.74, 6) is 0.0222. The van der Waals surface area contributed by atoms with E-state index in [-0.39, 0.29) is 10.5 Å². The summed E-state index contributed by atoms with van der Waals surface area (Å²) in [5, 5.41) is 14.1. The minimum Gasteiger partial charge on any atom is -0.447 e. The number of ether oxygens (including phenoxy) is 1. The Balaban J connectivity index is 2.57. The Kier molecular flexibility index (Phi) is 8.05. The van der Waals surface area contributed by atoms with Gasteiger partial charge in [-0.15, -0.1) is 11.8 Å². The standard InChI is InChI=1S/C20H22N2O4S2/c1-2-3-11-27-18-13-16(20(23)26-10-9-21)14-19(28(22,24)25)17(18)12-15-7-5-4-6-8-15/h4-8,13-14H,2-3,10-12H2,1H3,(H2,22,24,25). The van der Waals surface area contributed by atoms with Crippen molar-refractivity contribution in [1.29, 1.82) is 5.26 Å². The van der Waals surface area contributed by atoms with Crippen LogP contribution in [0.3, 0.4) is 0 Å². The van der Waals surface area contributed by atoms with Gasteiger partial charge in [-0.3, -0.25) is 0 Å². The first kappa shape index (κ1) is 22.0. The highest BCUT2D eigenvalue weighted by Crippen LogP contribution is 2.32. The van der Waals surface area contributed by atoms with Crippen LogP contribution in [0.15, 0.2) is 52.3 Å². The smallest absolute Gasteiger partial charge is 0.339 e. The highest BCUT2D eigenvalue weighted by atomic mass is 32.2. The number of sulfonamides is 1. The zero-order valence-corrected chi connectivity index (χ0v) is 17.2. The van der Waals surface area contributed by atoms with E-state index in [4.69, 9.17) is 15.1 Å². The first-order chi connectivity index (χ1) is 13.4. The molecule has 0 amide bonds. The third kappa shape index (κ3) is 6.09. The van der Waals surface area contributed by atoms with E-state index in [1.54, 1.807) is 12.1 Å². The Hall–Kier alpha value is -2.34. The molecule has 0 fully saturated rings. The third-order valence-corrected chi connectivity index (χ3v) is 6.10. The predicted molar refractivity (Wildman–Crippen MR) is 109 cm³/mol. The Morgan fingerprint density at radius 3 is 2.57 bits per heavy atom. The van der Waals surface area contributed by atoms with Gasteiger partial charge in [-0.05, 0) is 41.9 Å². The third-order valence-electron chi connectivity index (χ3n) is 3.96. The molecule has 8 heteroatoms. The molecule has 28 heavy (non-hydrogen) atoms. The van der Waals surface area contributed by atoms with Gasteiger partial charge >= 0.3 is 5.97 Å². The summed E-state index contributed by atoms with van der Waals surface area (Å²) < 4.78 is 29.4. The highest BCUT2D eigenvalue weighted by Gasteiger charge is 2.22. The van der Waals surface area contributed by atoms with Crippen molar-refractivity contribution in [2.45, 2.75) is 36.0 Å². The minimum atomic E-state index is -4.07. The van der Waals surface area contributed by atoms with Crippen LogP contribution in [-0.2, 0) is 21.2 Å². The topological polar surface area (TPSA) is 110 Å². The molecular formula is C20H22N2O4S2. The van der Waals surface area contributed by atoms with Gasteiger partial charge in [0, 0.05) is 4.90 Å². The molecule has 0 radical (unpaired) electrons. The van der Waals surface area contributed by atoms with Gasteiger partial charge in [0.15, 0.2) is 6.61 Å². The highest BCUT2D eigenvalue weighted by molar-refractivity contribution is 7.99. The molecule has 0 bridgehead atoms. The molecule has 2 aromatic rings. The van der Waals surface area contributed by atoms with Crippen LogP contribution >= 0.6 is 11.8 Å². The van der Waals surface area contributed by atoms with Gasteiger partial charge in [0.1, 0.15) is 6.07 Å². The number of esters is 1. The van der Waals surface area contributed by atoms with Crippen LogP contribution in [0, 0.1) is 11.3 Å². The minimum absolute atomic E-state index is 0.0649. The molecule has 0 aliphatic carbocycles. The van der Waals surface area contributed by atoms with E-state index in [9.17, 15) is 13.2 Å². The lowest BCUT2D eigenvalue weighted by molar-refractivity contribution is 0.0554. The first-order valence-corrected chi connectivity index (χ1v) is 11.3. The van der Waals surface area contributed by atoms with E-state index in [1.807, 2.05) is 30.3 Å². The summed E-state index contributed by atoms with van der Waals surface area (Å²) in [5.41, 5.74) is 1.56. The average molecular weight is 419 g/mol. The summed E-state index contributed by atoms with van der Waals surface area (Å²) in [6.07, 6.45) is 2.31. The van der Waals surface area contributed by atoms with E-state index in [2.05, 4.69) is 6.92 Å². The number of benzene rings is 2. The van der Waals surface area contributed by atoms with Crippen molar-refractivity contribution in [2.75, 3.05) is 12.4 Å². The number of nitrogens with zero attached hydrogens (tertiary/aromatic N) is 1. The van der Waals surface area contributed by atoms with Gasteiger partial charge in [-0.1, -0.05) is 43.7 Å². The summed E-state index contributed by atoms with van der Waals surface area (Å²) >= 11 is 1.48. The van der Waals surface area contributed by atoms with Crippen molar-refractivity contribution in [3.8, 4) is 6.07 Å². The Labute approximate surface area is 169 Å². The normalized spacial score (nSPS) is 11.0. The fourth-order valence-electron chi connectivity index (χ4n) is 2.60. The number of thioether (sulfide) groups is 1. The largest absolute Gasteiger partial charge is 0.447 e. The lowest BCUT2D eigenvalue weighted by atomic mass is 10.0. The molecule has 0 aliphatic heterocycles. The van der Waals surface area contributed by atoms with Crippen molar-refractivity contribution < 1.29 is 17.9 Å². The second-order valence-electron chi connectivity index (χ2n) is 6.09. The zero-order valence-electron chi connectivity index (χ0n) is 15.6. The summed E-state index contributed by atoms with van der Waals surface area (Å²) in [6, 6.07) is 14.0. The molecule has 0 aromatic heterocycles. The lowest BCUT2D eigenvalue weighted by Crippen LogP contribution is -2.17. The number of unbranched alkanes of at least 4 members (excludes halogenated alkanes) is 1. The summed E-state index contributed by atoms with van der Waals surface area (Å²) in [4.78, 5) is 12.8. The molecule has 0 saturated heterocycles. The molecule has 2 aromatic carbocycles. The number of hydrogen-bond donors (Lipinski definition) is 1. The van der Waals surface area contributed by atoms with Crippen molar-refractivity contribution in [3.63, 3.8) is 0 Å². The Morgan fingerprint density at radius 2 is 1.96 bits per heavy atom. The maximum absolute atomic E-state index is 12.3. The number of nitrogens with two attached hydrogens (primary N) is 1. The molecule has 148 valence electrons. The van der Waals surface area contributed by atoms with Crippen LogP contribution in [0.4, 0.5) is 0 Å². The summed E-state index contributed by atoms with van der Waals surface area (Å²) in [7, 11) is -4.07. The van der Waals surface area contributed by atoms with Gasteiger partial charge in [-0.2, -0.15) is 5.26 Å². The molecule has 0 heterocycles. The monoisotopic (exact) mass is 418 g/mol. The van der Waals surface area contributed by atoms with Crippen LogP contribution < -0.4 is 5.14 Å². The van der Waals surface area contributed by atoms with Crippen molar-refractivity contribution in [3.05, 3.63) is 59.2 Å². The molecule has 0 aliphatic rings. The number of carbonyl (C=O) groups is 1.